The van der Waals surface area contributed by atoms with Gasteiger partial charge in [-0.3, -0.25) is 4.79 Å². The Morgan fingerprint density at radius 2 is 2.21 bits per heavy atom. The fraction of sp³-hybridized carbons (Fsp3) is 0.286. The van der Waals surface area contributed by atoms with Gasteiger partial charge in [-0.2, -0.15) is 0 Å². The predicted molar refractivity (Wildman–Crippen MR) is 78.6 cm³/mol. The summed E-state index contributed by atoms with van der Waals surface area (Å²) in [7, 11) is 0. The molecule has 0 radical (unpaired) electrons. The van der Waals surface area contributed by atoms with E-state index in [-0.39, 0.29) is 11.9 Å². The first-order chi connectivity index (χ1) is 9.22. The normalized spacial score (nSPS) is 11.9. The summed E-state index contributed by atoms with van der Waals surface area (Å²) in [5.74, 6) is -0.0840. The molecular formula is C14H17N3OS. The van der Waals surface area contributed by atoms with E-state index >= 15 is 0 Å². The average Bonchev–Trinajstić information content (AvgIpc) is 2.93. The number of amides is 1. The molecule has 2 rings (SSSR count). The van der Waals surface area contributed by atoms with Crippen molar-refractivity contribution in [1.82, 2.24) is 10.3 Å². The van der Waals surface area contributed by atoms with E-state index in [1.54, 1.807) is 17.5 Å². The second-order valence-corrected chi connectivity index (χ2v) is 5.07. The molecule has 2 N–H and O–H groups in total. The highest BCUT2D eigenvalue weighted by molar-refractivity contribution is 7.09. The van der Waals surface area contributed by atoms with Gasteiger partial charge in [0.15, 0.2) is 0 Å². The SMILES string of the molecule is CCNc1ccccc1C(=O)NC(C)c1nccs1. The molecule has 0 saturated carbocycles. The van der Waals surface area contributed by atoms with Crippen LogP contribution in [0.2, 0.25) is 0 Å². The van der Waals surface area contributed by atoms with Gasteiger partial charge in [0.2, 0.25) is 0 Å². The molecule has 1 amide bonds. The Morgan fingerprint density at radius 3 is 2.89 bits per heavy atom. The highest BCUT2D eigenvalue weighted by Crippen LogP contribution is 2.18. The topological polar surface area (TPSA) is 54.0 Å². The number of benzene rings is 1. The molecule has 0 aliphatic rings. The third kappa shape index (κ3) is 3.32. The average molecular weight is 275 g/mol. The van der Waals surface area contributed by atoms with E-state index in [0.29, 0.717) is 5.56 Å². The van der Waals surface area contributed by atoms with Gasteiger partial charge in [0, 0.05) is 23.8 Å². The van der Waals surface area contributed by atoms with Crippen LogP contribution in [0, 0.1) is 0 Å². The van der Waals surface area contributed by atoms with Crippen LogP contribution >= 0.6 is 11.3 Å². The van der Waals surface area contributed by atoms with Crippen molar-refractivity contribution in [2.45, 2.75) is 19.9 Å². The first-order valence-electron chi connectivity index (χ1n) is 6.25. The Kier molecular flexibility index (Phi) is 4.52. The van der Waals surface area contributed by atoms with Crippen LogP contribution in [0.3, 0.4) is 0 Å². The molecule has 1 heterocycles. The second kappa shape index (κ2) is 6.33. The fourth-order valence-electron chi connectivity index (χ4n) is 1.81. The lowest BCUT2D eigenvalue weighted by Crippen LogP contribution is -2.27. The largest absolute Gasteiger partial charge is 0.385 e. The quantitative estimate of drug-likeness (QED) is 0.881. The van der Waals surface area contributed by atoms with Gasteiger partial charge in [0.05, 0.1) is 11.6 Å². The van der Waals surface area contributed by atoms with Crippen LogP contribution in [0.25, 0.3) is 0 Å². The molecule has 0 aliphatic heterocycles. The van der Waals surface area contributed by atoms with Crippen molar-refractivity contribution in [3.63, 3.8) is 0 Å². The van der Waals surface area contributed by atoms with Crippen LogP contribution < -0.4 is 10.6 Å². The first-order valence-corrected chi connectivity index (χ1v) is 7.13. The Balaban J connectivity index is 2.11. The molecule has 5 heteroatoms. The molecule has 0 spiro atoms. The maximum Gasteiger partial charge on any atom is 0.253 e. The van der Waals surface area contributed by atoms with E-state index in [1.807, 2.05) is 43.5 Å². The second-order valence-electron chi connectivity index (χ2n) is 4.14. The van der Waals surface area contributed by atoms with Crippen LogP contribution in [0.1, 0.15) is 35.3 Å². The number of rotatable bonds is 5. The number of hydrogen-bond acceptors (Lipinski definition) is 4. The van der Waals surface area contributed by atoms with Crippen molar-refractivity contribution < 1.29 is 4.79 Å². The molecule has 4 nitrogen and oxygen atoms in total. The van der Waals surface area contributed by atoms with Crippen LogP contribution in [-0.4, -0.2) is 17.4 Å². The maximum atomic E-state index is 12.3. The van der Waals surface area contributed by atoms with E-state index in [9.17, 15) is 4.79 Å². The molecule has 0 aliphatic carbocycles. The number of para-hydroxylation sites is 1. The van der Waals surface area contributed by atoms with Crippen LogP contribution in [-0.2, 0) is 0 Å². The smallest absolute Gasteiger partial charge is 0.253 e. The van der Waals surface area contributed by atoms with E-state index in [2.05, 4.69) is 15.6 Å². The first kappa shape index (κ1) is 13.5. The van der Waals surface area contributed by atoms with E-state index < -0.39 is 0 Å². The third-order valence-electron chi connectivity index (χ3n) is 2.71. The summed E-state index contributed by atoms with van der Waals surface area (Å²) >= 11 is 1.54. The molecule has 0 saturated heterocycles. The molecule has 1 atom stereocenters. The lowest BCUT2D eigenvalue weighted by Gasteiger charge is -2.14. The van der Waals surface area contributed by atoms with E-state index in [4.69, 9.17) is 0 Å². The van der Waals surface area contributed by atoms with Gasteiger partial charge in [0.25, 0.3) is 5.91 Å². The van der Waals surface area contributed by atoms with E-state index in [0.717, 1.165) is 17.2 Å². The minimum Gasteiger partial charge on any atom is -0.385 e. The third-order valence-corrected chi connectivity index (χ3v) is 3.67. The van der Waals surface area contributed by atoms with E-state index in [1.165, 1.54) is 0 Å². The number of anilines is 1. The summed E-state index contributed by atoms with van der Waals surface area (Å²) in [6.07, 6.45) is 1.75. The zero-order valence-electron chi connectivity index (χ0n) is 11.0. The number of carbonyl (C=O) groups excluding carboxylic acids is 1. The lowest BCUT2D eigenvalue weighted by atomic mass is 10.1. The molecule has 0 fully saturated rings. The molecule has 100 valence electrons. The highest BCUT2D eigenvalue weighted by Gasteiger charge is 2.15. The van der Waals surface area contributed by atoms with Gasteiger partial charge in [-0.1, -0.05) is 12.1 Å². The maximum absolute atomic E-state index is 12.3. The summed E-state index contributed by atoms with van der Waals surface area (Å²) in [6, 6.07) is 7.43. The lowest BCUT2D eigenvalue weighted by molar-refractivity contribution is 0.0940. The zero-order valence-corrected chi connectivity index (χ0v) is 11.8. The number of hydrogen-bond donors (Lipinski definition) is 2. The Hall–Kier alpha value is -1.88. The fourth-order valence-corrected chi connectivity index (χ4v) is 2.46. The number of nitrogens with one attached hydrogen (secondary N) is 2. The molecule has 19 heavy (non-hydrogen) atoms. The molecule has 1 unspecified atom stereocenters. The van der Waals surface area contributed by atoms with Crippen LogP contribution in [0.4, 0.5) is 5.69 Å². The molecular weight excluding hydrogens is 258 g/mol. The monoisotopic (exact) mass is 275 g/mol. The number of aromatic nitrogens is 1. The predicted octanol–water partition coefficient (Wildman–Crippen LogP) is 3.07. The van der Waals surface area contributed by atoms with Crippen molar-refractivity contribution in [1.29, 1.82) is 0 Å². The summed E-state index contributed by atoms with van der Waals surface area (Å²) < 4.78 is 0. The van der Waals surface area contributed by atoms with Crippen molar-refractivity contribution in [3.8, 4) is 0 Å². The van der Waals surface area contributed by atoms with Gasteiger partial charge in [0.1, 0.15) is 5.01 Å². The Morgan fingerprint density at radius 1 is 1.42 bits per heavy atom. The molecule has 2 aromatic rings. The standard InChI is InChI=1S/C14H17N3OS/c1-3-15-12-7-5-4-6-11(12)13(18)17-10(2)14-16-8-9-19-14/h4-10,15H,3H2,1-2H3,(H,17,18). The zero-order chi connectivity index (χ0) is 13.7. The van der Waals surface area contributed by atoms with Gasteiger partial charge >= 0.3 is 0 Å². The highest BCUT2D eigenvalue weighted by atomic mass is 32.1. The van der Waals surface area contributed by atoms with Gasteiger partial charge < -0.3 is 10.6 Å². The summed E-state index contributed by atoms with van der Waals surface area (Å²) in [4.78, 5) is 16.5. The minimum atomic E-state index is -0.0840. The minimum absolute atomic E-state index is 0.0813. The van der Waals surface area contributed by atoms with Crippen molar-refractivity contribution in [3.05, 3.63) is 46.4 Å². The molecule has 1 aromatic carbocycles. The summed E-state index contributed by atoms with van der Waals surface area (Å²) in [5, 5.41) is 8.98. The van der Waals surface area contributed by atoms with Gasteiger partial charge in [-0.15, -0.1) is 11.3 Å². The van der Waals surface area contributed by atoms with Crippen LogP contribution in [0.5, 0.6) is 0 Å². The van der Waals surface area contributed by atoms with Crippen molar-refractivity contribution >= 4 is 22.9 Å². The van der Waals surface area contributed by atoms with Crippen molar-refractivity contribution in [2.75, 3.05) is 11.9 Å². The molecule has 0 bridgehead atoms. The van der Waals surface area contributed by atoms with Crippen molar-refractivity contribution in [2.24, 2.45) is 0 Å². The Labute approximate surface area is 116 Å². The Bertz CT molecular complexity index is 539. The number of thiazole rings is 1. The van der Waals surface area contributed by atoms with Gasteiger partial charge in [-0.05, 0) is 26.0 Å². The number of nitrogens with zero attached hydrogens (tertiary/aromatic N) is 1. The summed E-state index contributed by atoms with van der Waals surface area (Å²) in [6.45, 7) is 4.73. The molecule has 1 aromatic heterocycles. The summed E-state index contributed by atoms with van der Waals surface area (Å²) in [5.41, 5.74) is 1.52. The van der Waals surface area contributed by atoms with Crippen LogP contribution in [0.15, 0.2) is 35.8 Å². The number of carbonyl (C=O) groups is 1. The van der Waals surface area contributed by atoms with Gasteiger partial charge in [-0.25, -0.2) is 4.98 Å².